The van der Waals surface area contributed by atoms with E-state index in [0.717, 1.165) is 49.8 Å². The van der Waals surface area contributed by atoms with E-state index in [1.807, 2.05) is 6.92 Å². The van der Waals surface area contributed by atoms with E-state index in [4.69, 9.17) is 0 Å². The first-order valence-corrected chi connectivity index (χ1v) is 8.54. The standard InChI is InChI=1S/C15H24F3N5O/c1-14(24)7-3-2-5-11(14)12-6-4-8-22(12)9-13-19-20-21-23(13)10-15(16,17)18/h11-12,24H,2-10H2,1H3/t11-,12+,14-/m0/s1. The third-order valence-electron chi connectivity index (χ3n) is 5.41. The van der Waals surface area contributed by atoms with Crippen molar-refractivity contribution in [3.05, 3.63) is 5.82 Å². The quantitative estimate of drug-likeness (QED) is 0.904. The Morgan fingerprint density at radius 2 is 2.04 bits per heavy atom. The van der Waals surface area contributed by atoms with Crippen molar-refractivity contribution in [2.75, 3.05) is 6.54 Å². The molecule has 3 atom stereocenters. The van der Waals surface area contributed by atoms with Crippen LogP contribution in [-0.4, -0.2) is 54.6 Å². The summed E-state index contributed by atoms with van der Waals surface area (Å²) in [6.45, 7) is 1.81. The Kier molecular flexibility index (Phi) is 4.83. The number of rotatable bonds is 4. The lowest BCUT2D eigenvalue weighted by Crippen LogP contribution is -2.49. The number of hydrogen-bond donors (Lipinski definition) is 1. The molecule has 3 rings (SSSR count). The Morgan fingerprint density at radius 3 is 2.75 bits per heavy atom. The van der Waals surface area contributed by atoms with Gasteiger partial charge in [0.2, 0.25) is 0 Å². The first-order valence-electron chi connectivity index (χ1n) is 8.54. The molecule has 0 bridgehead atoms. The molecule has 2 heterocycles. The van der Waals surface area contributed by atoms with E-state index >= 15 is 0 Å². The van der Waals surface area contributed by atoms with Crippen LogP contribution in [0.25, 0.3) is 0 Å². The maximum atomic E-state index is 12.6. The van der Waals surface area contributed by atoms with Gasteiger partial charge in [-0.15, -0.1) is 5.10 Å². The molecule has 1 aliphatic heterocycles. The normalized spacial score (nSPS) is 32.4. The number of halogens is 3. The second-order valence-corrected chi connectivity index (χ2v) is 7.26. The topological polar surface area (TPSA) is 67.1 Å². The van der Waals surface area contributed by atoms with E-state index in [9.17, 15) is 18.3 Å². The minimum absolute atomic E-state index is 0.153. The van der Waals surface area contributed by atoms with E-state index in [-0.39, 0.29) is 17.8 Å². The summed E-state index contributed by atoms with van der Waals surface area (Å²) in [4.78, 5) is 2.14. The summed E-state index contributed by atoms with van der Waals surface area (Å²) in [5.41, 5.74) is -0.705. The molecular formula is C15H24F3N5O. The Bertz CT molecular complexity index is 560. The molecule has 2 aliphatic rings. The number of aromatic nitrogens is 4. The zero-order valence-corrected chi connectivity index (χ0v) is 13.8. The van der Waals surface area contributed by atoms with Crippen LogP contribution in [0.5, 0.6) is 0 Å². The summed E-state index contributed by atoms with van der Waals surface area (Å²) in [7, 11) is 0. The van der Waals surface area contributed by atoms with Gasteiger partial charge >= 0.3 is 6.18 Å². The number of aliphatic hydroxyl groups is 1. The molecule has 24 heavy (non-hydrogen) atoms. The van der Waals surface area contributed by atoms with E-state index in [1.165, 1.54) is 0 Å². The predicted molar refractivity (Wildman–Crippen MR) is 79.9 cm³/mol. The van der Waals surface area contributed by atoms with Gasteiger partial charge in [-0.1, -0.05) is 12.8 Å². The highest BCUT2D eigenvalue weighted by molar-refractivity contribution is 4.98. The molecule has 6 nitrogen and oxygen atoms in total. The largest absolute Gasteiger partial charge is 0.408 e. The highest BCUT2D eigenvalue weighted by atomic mass is 19.4. The molecular weight excluding hydrogens is 323 g/mol. The summed E-state index contributed by atoms with van der Waals surface area (Å²) in [5, 5.41) is 21.4. The molecule has 1 saturated carbocycles. The van der Waals surface area contributed by atoms with Gasteiger partial charge in [0.15, 0.2) is 5.82 Å². The van der Waals surface area contributed by atoms with Crippen molar-refractivity contribution in [3.63, 3.8) is 0 Å². The van der Waals surface area contributed by atoms with Crippen LogP contribution < -0.4 is 0 Å². The lowest BCUT2D eigenvalue weighted by molar-refractivity contribution is -0.143. The fraction of sp³-hybridized carbons (Fsp3) is 0.933. The van der Waals surface area contributed by atoms with Crippen LogP contribution in [0.2, 0.25) is 0 Å². The minimum atomic E-state index is -4.35. The smallest absolute Gasteiger partial charge is 0.390 e. The summed E-state index contributed by atoms with van der Waals surface area (Å²) in [5.74, 6) is 0.385. The van der Waals surface area contributed by atoms with Gasteiger partial charge in [-0.05, 0) is 49.6 Å². The van der Waals surface area contributed by atoms with Crippen LogP contribution in [0.3, 0.4) is 0 Å². The van der Waals surface area contributed by atoms with E-state index in [1.54, 1.807) is 0 Å². The summed E-state index contributed by atoms with van der Waals surface area (Å²) in [6, 6.07) is 0.177. The van der Waals surface area contributed by atoms with Crippen molar-refractivity contribution in [1.29, 1.82) is 0 Å². The molecule has 0 spiro atoms. The average Bonchev–Trinajstić information content (AvgIpc) is 3.08. The van der Waals surface area contributed by atoms with Crippen LogP contribution in [-0.2, 0) is 13.1 Å². The summed E-state index contributed by atoms with van der Waals surface area (Å²) >= 11 is 0. The molecule has 1 aromatic heterocycles. The van der Waals surface area contributed by atoms with Crippen molar-refractivity contribution in [2.24, 2.45) is 5.92 Å². The maximum absolute atomic E-state index is 12.6. The highest BCUT2D eigenvalue weighted by Gasteiger charge is 2.43. The van der Waals surface area contributed by atoms with Crippen LogP contribution in [0.4, 0.5) is 13.2 Å². The molecule has 0 aromatic carbocycles. The number of hydrogen-bond acceptors (Lipinski definition) is 5. The fourth-order valence-corrected chi connectivity index (χ4v) is 4.26. The van der Waals surface area contributed by atoms with Crippen LogP contribution >= 0.6 is 0 Å². The third kappa shape index (κ3) is 3.88. The van der Waals surface area contributed by atoms with Gasteiger partial charge in [0.1, 0.15) is 6.54 Å². The predicted octanol–water partition coefficient (Wildman–Crippen LogP) is 2.14. The van der Waals surface area contributed by atoms with Gasteiger partial charge in [-0.25, -0.2) is 4.68 Å². The monoisotopic (exact) mass is 347 g/mol. The molecule has 0 amide bonds. The second-order valence-electron chi connectivity index (χ2n) is 7.26. The molecule has 0 unspecified atom stereocenters. The van der Waals surface area contributed by atoms with Crippen molar-refractivity contribution in [1.82, 2.24) is 25.1 Å². The van der Waals surface area contributed by atoms with Gasteiger partial charge in [0.25, 0.3) is 0 Å². The van der Waals surface area contributed by atoms with Crippen LogP contribution in [0, 0.1) is 5.92 Å². The van der Waals surface area contributed by atoms with Gasteiger partial charge in [-0.3, -0.25) is 4.90 Å². The van der Waals surface area contributed by atoms with Crippen LogP contribution in [0.1, 0.15) is 51.3 Å². The lowest BCUT2D eigenvalue weighted by atomic mass is 9.72. The van der Waals surface area contributed by atoms with E-state index in [0.29, 0.717) is 6.54 Å². The van der Waals surface area contributed by atoms with E-state index < -0.39 is 18.3 Å². The van der Waals surface area contributed by atoms with Crippen LogP contribution in [0.15, 0.2) is 0 Å². The lowest BCUT2D eigenvalue weighted by Gasteiger charge is -2.43. The summed E-state index contributed by atoms with van der Waals surface area (Å²) in [6.07, 6.45) is 1.47. The molecule has 1 aliphatic carbocycles. The van der Waals surface area contributed by atoms with Gasteiger partial charge in [0, 0.05) is 12.0 Å². The summed E-state index contributed by atoms with van der Waals surface area (Å²) < 4.78 is 38.7. The minimum Gasteiger partial charge on any atom is -0.390 e. The van der Waals surface area contributed by atoms with Gasteiger partial charge in [0.05, 0.1) is 12.1 Å². The van der Waals surface area contributed by atoms with Gasteiger partial charge < -0.3 is 5.11 Å². The van der Waals surface area contributed by atoms with Crippen molar-refractivity contribution < 1.29 is 18.3 Å². The number of likely N-dealkylation sites (tertiary alicyclic amines) is 1. The number of alkyl halides is 3. The molecule has 1 saturated heterocycles. The zero-order chi connectivity index (χ0) is 17.4. The average molecular weight is 347 g/mol. The number of tetrazole rings is 1. The third-order valence-corrected chi connectivity index (χ3v) is 5.41. The van der Waals surface area contributed by atoms with Crippen molar-refractivity contribution in [2.45, 2.75) is 76.4 Å². The SMILES string of the molecule is C[C@]1(O)CCCC[C@H]1[C@H]1CCCN1Cc1nnnn1CC(F)(F)F. The second kappa shape index (κ2) is 6.59. The van der Waals surface area contributed by atoms with Crippen molar-refractivity contribution >= 4 is 0 Å². The van der Waals surface area contributed by atoms with E-state index in [2.05, 4.69) is 20.4 Å². The Hall–Kier alpha value is -1.22. The Morgan fingerprint density at radius 1 is 1.25 bits per heavy atom. The Labute approximate surface area is 139 Å². The molecule has 2 fully saturated rings. The maximum Gasteiger partial charge on any atom is 0.408 e. The fourth-order valence-electron chi connectivity index (χ4n) is 4.26. The highest BCUT2D eigenvalue weighted by Crippen LogP contribution is 2.41. The number of nitrogens with zero attached hydrogens (tertiary/aromatic N) is 5. The molecule has 0 radical (unpaired) electrons. The molecule has 1 N–H and O–H groups in total. The molecule has 1 aromatic rings. The van der Waals surface area contributed by atoms with Gasteiger partial charge in [-0.2, -0.15) is 13.2 Å². The molecule has 9 heteroatoms. The zero-order valence-electron chi connectivity index (χ0n) is 13.8. The van der Waals surface area contributed by atoms with Crippen molar-refractivity contribution in [3.8, 4) is 0 Å². The first kappa shape index (κ1) is 17.6. The first-order chi connectivity index (χ1) is 11.3. The Balaban J connectivity index is 1.72. The molecule has 136 valence electrons.